The maximum absolute atomic E-state index is 13.2. The molecule has 236 valence electrons. The average molecular weight is 661 g/mol. The third-order valence-corrected chi connectivity index (χ3v) is 7.87. The van der Waals surface area contributed by atoms with E-state index in [1.165, 1.54) is 0 Å². The van der Waals surface area contributed by atoms with E-state index in [9.17, 15) is 9.59 Å². The number of halogens is 2. The lowest BCUT2D eigenvalue weighted by Gasteiger charge is -2.20. The summed E-state index contributed by atoms with van der Waals surface area (Å²) in [5.41, 5.74) is 14.1. The van der Waals surface area contributed by atoms with Crippen LogP contribution in [-0.2, 0) is 4.79 Å². The molecular formula is C33H31Cl2N7O4. The summed E-state index contributed by atoms with van der Waals surface area (Å²) in [6.07, 6.45) is 0.836. The first-order valence-corrected chi connectivity index (χ1v) is 15.0. The molecule has 11 nitrogen and oxygen atoms in total. The summed E-state index contributed by atoms with van der Waals surface area (Å²) in [5.74, 6) is 1.05. The van der Waals surface area contributed by atoms with Crippen LogP contribution in [0.25, 0.3) is 22.4 Å². The Morgan fingerprint density at radius 1 is 0.935 bits per heavy atom. The van der Waals surface area contributed by atoms with E-state index in [0.717, 1.165) is 0 Å². The summed E-state index contributed by atoms with van der Waals surface area (Å²) < 4.78 is 13.0. The minimum Gasteiger partial charge on any atom is -0.497 e. The van der Waals surface area contributed by atoms with E-state index in [2.05, 4.69) is 10.6 Å². The van der Waals surface area contributed by atoms with Crippen molar-refractivity contribution in [1.82, 2.24) is 14.9 Å². The highest BCUT2D eigenvalue weighted by atomic mass is 35.5. The number of amides is 2. The number of primary amides is 1. The van der Waals surface area contributed by atoms with Gasteiger partial charge in [0.1, 0.15) is 29.1 Å². The lowest BCUT2D eigenvalue weighted by atomic mass is 10.1. The second-order valence-corrected chi connectivity index (χ2v) is 11.1. The maximum Gasteiger partial charge on any atom is 0.255 e. The van der Waals surface area contributed by atoms with Crippen LogP contribution in [0.1, 0.15) is 29.2 Å². The van der Waals surface area contributed by atoms with Gasteiger partial charge in [0.2, 0.25) is 5.91 Å². The molecule has 0 aliphatic carbocycles. The SMILES string of the molecule is COc1ccc(NC(=O)c2ccc3c(c2)nc(-c2cccc(Oc4ccc(Cl)c(Cl)c4)c2)n3C(CCCNC(=N)N)C(N)=O)cc1. The molecule has 0 aliphatic heterocycles. The van der Waals surface area contributed by atoms with Crippen molar-refractivity contribution in [2.45, 2.75) is 18.9 Å². The Bertz CT molecular complexity index is 1910. The van der Waals surface area contributed by atoms with E-state index in [4.69, 9.17) is 54.5 Å². The molecule has 2 amide bonds. The van der Waals surface area contributed by atoms with Gasteiger partial charge in [-0.1, -0.05) is 35.3 Å². The van der Waals surface area contributed by atoms with E-state index in [0.29, 0.717) is 80.4 Å². The van der Waals surface area contributed by atoms with Crippen LogP contribution >= 0.6 is 23.2 Å². The standard InChI is InChI=1S/C33H31Cl2N7O4/c1-45-22-10-8-21(9-11-22)40-32(44)20-7-14-28-27(17-20)41-31(42(28)29(30(36)43)6-3-15-39-33(37)38)19-4-2-5-23(16-19)46-24-12-13-25(34)26(35)18-24/h2,4-5,7-14,16-18,29H,3,6,15H2,1H3,(H2,36,43)(H,40,44)(H4,37,38,39). The van der Waals surface area contributed by atoms with E-state index in [-0.39, 0.29) is 11.9 Å². The average Bonchev–Trinajstić information content (AvgIpc) is 3.41. The smallest absolute Gasteiger partial charge is 0.255 e. The summed E-state index contributed by atoms with van der Waals surface area (Å²) in [4.78, 5) is 31.0. The van der Waals surface area contributed by atoms with Crippen molar-refractivity contribution in [2.24, 2.45) is 11.5 Å². The van der Waals surface area contributed by atoms with Gasteiger partial charge < -0.3 is 36.1 Å². The third-order valence-electron chi connectivity index (χ3n) is 7.13. The lowest BCUT2D eigenvalue weighted by Crippen LogP contribution is -2.32. The van der Waals surface area contributed by atoms with Crippen LogP contribution in [-0.4, -0.2) is 41.0 Å². The normalized spacial score (nSPS) is 11.5. The minimum absolute atomic E-state index is 0.163. The van der Waals surface area contributed by atoms with Crippen molar-refractivity contribution in [3.8, 4) is 28.6 Å². The maximum atomic E-state index is 13.2. The number of nitrogens with two attached hydrogens (primary N) is 2. The molecule has 0 saturated heterocycles. The van der Waals surface area contributed by atoms with Crippen LogP contribution in [0.5, 0.6) is 17.2 Å². The number of carbonyl (C=O) groups excluding carboxylic acids is 2. The number of anilines is 1. The van der Waals surface area contributed by atoms with Crippen LogP contribution in [0.2, 0.25) is 10.0 Å². The number of guanidine groups is 1. The van der Waals surface area contributed by atoms with Gasteiger partial charge in [-0.3, -0.25) is 15.0 Å². The molecule has 0 saturated carbocycles. The van der Waals surface area contributed by atoms with Crippen LogP contribution < -0.4 is 31.6 Å². The van der Waals surface area contributed by atoms with Gasteiger partial charge in [0.15, 0.2) is 5.96 Å². The fourth-order valence-corrected chi connectivity index (χ4v) is 5.22. The molecule has 1 atom stereocenters. The Morgan fingerprint density at radius 2 is 1.67 bits per heavy atom. The van der Waals surface area contributed by atoms with Gasteiger partial charge in [0, 0.05) is 29.4 Å². The molecule has 0 aliphatic rings. The summed E-state index contributed by atoms with van der Waals surface area (Å²) in [6, 6.07) is 23.4. The first kappa shape index (κ1) is 32.1. The molecule has 0 fully saturated rings. The molecule has 4 aromatic carbocycles. The number of imidazole rings is 1. The highest BCUT2D eigenvalue weighted by Gasteiger charge is 2.25. The van der Waals surface area contributed by atoms with Gasteiger partial charge in [-0.25, -0.2) is 4.98 Å². The molecule has 1 aromatic heterocycles. The number of nitrogens with zero attached hydrogens (tertiary/aromatic N) is 2. The topological polar surface area (TPSA) is 170 Å². The highest BCUT2D eigenvalue weighted by Crippen LogP contribution is 2.35. The van der Waals surface area contributed by atoms with Gasteiger partial charge >= 0.3 is 0 Å². The summed E-state index contributed by atoms with van der Waals surface area (Å²) >= 11 is 12.2. The quantitative estimate of drug-likeness (QED) is 0.0590. The Balaban J connectivity index is 1.53. The number of hydrogen-bond acceptors (Lipinski definition) is 6. The molecular weight excluding hydrogens is 629 g/mol. The van der Waals surface area contributed by atoms with Gasteiger partial charge in [0.05, 0.1) is 28.2 Å². The second-order valence-electron chi connectivity index (χ2n) is 10.3. The number of hydrogen-bond donors (Lipinski definition) is 5. The second kappa shape index (κ2) is 14.2. The highest BCUT2D eigenvalue weighted by molar-refractivity contribution is 6.42. The predicted molar refractivity (Wildman–Crippen MR) is 180 cm³/mol. The van der Waals surface area contributed by atoms with E-state index >= 15 is 0 Å². The van der Waals surface area contributed by atoms with Gasteiger partial charge in [0.25, 0.3) is 5.91 Å². The number of carbonyl (C=O) groups is 2. The lowest BCUT2D eigenvalue weighted by molar-refractivity contribution is -0.121. The molecule has 1 heterocycles. The fourth-order valence-electron chi connectivity index (χ4n) is 4.93. The van der Waals surface area contributed by atoms with Crippen molar-refractivity contribution in [2.75, 3.05) is 19.0 Å². The summed E-state index contributed by atoms with van der Waals surface area (Å²) in [5, 5.41) is 13.8. The number of aromatic nitrogens is 2. The monoisotopic (exact) mass is 659 g/mol. The number of methoxy groups -OCH3 is 1. The Kier molecular flexibility index (Phi) is 9.94. The number of fused-ring (bicyclic) bond motifs is 1. The zero-order chi connectivity index (χ0) is 32.8. The fraction of sp³-hybridized carbons (Fsp3) is 0.152. The number of nitrogens with one attached hydrogen (secondary N) is 3. The number of ether oxygens (including phenoxy) is 2. The Hall–Kier alpha value is -5.26. The molecule has 0 spiro atoms. The molecule has 5 aromatic rings. The van der Waals surface area contributed by atoms with Crippen LogP contribution in [0.3, 0.4) is 0 Å². The molecule has 5 rings (SSSR count). The van der Waals surface area contributed by atoms with E-state index in [1.807, 2.05) is 6.07 Å². The molecule has 0 radical (unpaired) electrons. The summed E-state index contributed by atoms with van der Waals surface area (Å²) in [6.45, 7) is 0.379. The molecule has 7 N–H and O–H groups in total. The van der Waals surface area contributed by atoms with Crippen molar-refractivity contribution in [1.29, 1.82) is 5.41 Å². The van der Waals surface area contributed by atoms with Crippen molar-refractivity contribution in [3.63, 3.8) is 0 Å². The minimum atomic E-state index is -0.799. The first-order valence-electron chi connectivity index (χ1n) is 14.2. The zero-order valence-electron chi connectivity index (χ0n) is 24.7. The molecule has 1 unspecified atom stereocenters. The van der Waals surface area contributed by atoms with Crippen LogP contribution in [0, 0.1) is 5.41 Å². The van der Waals surface area contributed by atoms with Gasteiger partial charge in [-0.05, 0) is 79.6 Å². The van der Waals surface area contributed by atoms with Gasteiger partial charge in [-0.15, -0.1) is 0 Å². The van der Waals surface area contributed by atoms with Crippen LogP contribution in [0.15, 0.2) is 84.9 Å². The first-order chi connectivity index (χ1) is 22.1. The number of benzene rings is 4. The van der Waals surface area contributed by atoms with Crippen molar-refractivity contribution >= 4 is 57.7 Å². The zero-order valence-corrected chi connectivity index (χ0v) is 26.2. The van der Waals surface area contributed by atoms with Gasteiger partial charge in [-0.2, -0.15) is 0 Å². The van der Waals surface area contributed by atoms with Crippen LogP contribution in [0.4, 0.5) is 5.69 Å². The Morgan fingerprint density at radius 3 is 2.37 bits per heavy atom. The van der Waals surface area contributed by atoms with E-state index < -0.39 is 11.9 Å². The van der Waals surface area contributed by atoms with Crippen molar-refractivity contribution in [3.05, 3.63) is 101 Å². The largest absolute Gasteiger partial charge is 0.497 e. The molecule has 0 bridgehead atoms. The molecule has 46 heavy (non-hydrogen) atoms. The summed E-state index contributed by atoms with van der Waals surface area (Å²) in [7, 11) is 1.57. The van der Waals surface area contributed by atoms with Crippen molar-refractivity contribution < 1.29 is 19.1 Å². The van der Waals surface area contributed by atoms with E-state index in [1.54, 1.807) is 90.5 Å². The third kappa shape index (κ3) is 7.51. The predicted octanol–water partition coefficient (Wildman–Crippen LogP) is 6.35. The molecule has 13 heteroatoms. The number of rotatable bonds is 12. The Labute approximate surface area is 274 Å².